The lowest BCUT2D eigenvalue weighted by atomic mass is 10.1. The molecule has 0 aromatic heterocycles. The first-order chi connectivity index (χ1) is 12.6. The Morgan fingerprint density at radius 1 is 1.22 bits per heavy atom. The largest absolute Gasteiger partial charge is 0.418 e. The Morgan fingerprint density at radius 3 is 2.63 bits per heavy atom. The fourth-order valence-electron chi connectivity index (χ4n) is 3.02. The summed E-state index contributed by atoms with van der Waals surface area (Å²) in [6, 6.07) is 10.4. The van der Waals surface area contributed by atoms with Gasteiger partial charge in [-0.3, -0.25) is 9.59 Å². The number of rotatable bonds is 3. The molecule has 27 heavy (non-hydrogen) atoms. The van der Waals surface area contributed by atoms with Gasteiger partial charge in [-0.25, -0.2) is 0 Å². The van der Waals surface area contributed by atoms with E-state index in [2.05, 4.69) is 5.32 Å². The molecule has 0 aliphatic carbocycles. The van der Waals surface area contributed by atoms with E-state index >= 15 is 0 Å². The molecule has 1 aliphatic heterocycles. The molecule has 1 aliphatic rings. The lowest BCUT2D eigenvalue weighted by molar-refractivity contribution is -0.137. The number of anilines is 2. The molecule has 1 N–H and O–H groups in total. The summed E-state index contributed by atoms with van der Waals surface area (Å²) >= 11 is 5.64. The van der Waals surface area contributed by atoms with Crippen molar-refractivity contribution in [3.05, 3.63) is 58.6 Å². The van der Waals surface area contributed by atoms with Crippen molar-refractivity contribution in [1.82, 2.24) is 0 Å². The van der Waals surface area contributed by atoms with Crippen LogP contribution in [0.4, 0.5) is 24.5 Å². The van der Waals surface area contributed by atoms with Gasteiger partial charge in [0.25, 0.3) is 0 Å². The zero-order valence-corrected chi connectivity index (χ0v) is 15.1. The summed E-state index contributed by atoms with van der Waals surface area (Å²) in [5, 5.41) is 2.21. The minimum Gasteiger partial charge on any atom is -0.325 e. The Labute approximate surface area is 158 Å². The van der Waals surface area contributed by atoms with Crippen LogP contribution in [0.1, 0.15) is 17.5 Å². The van der Waals surface area contributed by atoms with Crippen LogP contribution in [0.25, 0.3) is 0 Å². The van der Waals surface area contributed by atoms with E-state index in [1.807, 2.05) is 19.1 Å². The first-order valence-corrected chi connectivity index (χ1v) is 8.57. The highest BCUT2D eigenvalue weighted by atomic mass is 35.5. The van der Waals surface area contributed by atoms with E-state index in [0.29, 0.717) is 5.69 Å². The number of carbonyl (C=O) groups is 2. The number of nitrogens with zero attached hydrogens (tertiary/aromatic N) is 1. The van der Waals surface area contributed by atoms with E-state index in [1.54, 1.807) is 12.1 Å². The van der Waals surface area contributed by atoms with Crippen molar-refractivity contribution in [2.75, 3.05) is 16.8 Å². The van der Waals surface area contributed by atoms with Gasteiger partial charge in [0, 0.05) is 23.7 Å². The van der Waals surface area contributed by atoms with Gasteiger partial charge in [-0.2, -0.15) is 13.2 Å². The van der Waals surface area contributed by atoms with Crippen LogP contribution in [-0.4, -0.2) is 18.4 Å². The topological polar surface area (TPSA) is 49.4 Å². The van der Waals surface area contributed by atoms with Gasteiger partial charge in [0.15, 0.2) is 0 Å². The van der Waals surface area contributed by atoms with Crippen LogP contribution < -0.4 is 10.2 Å². The fourth-order valence-corrected chi connectivity index (χ4v) is 3.20. The van der Waals surface area contributed by atoms with Crippen molar-refractivity contribution in [3.8, 4) is 0 Å². The van der Waals surface area contributed by atoms with E-state index in [0.717, 1.165) is 17.7 Å². The van der Waals surface area contributed by atoms with Crippen LogP contribution in [0.3, 0.4) is 0 Å². The smallest absolute Gasteiger partial charge is 0.325 e. The lowest BCUT2D eigenvalue weighted by Gasteiger charge is -2.18. The number of nitrogens with one attached hydrogen (secondary N) is 1. The molecule has 1 heterocycles. The standard InChI is InChI=1S/C19H16ClF3N2O2/c1-11-3-2-4-14(7-11)25-10-12(8-17(25)26)18(27)24-16-6-5-13(20)9-15(16)19(21,22)23/h2-7,9,12H,8,10H2,1H3,(H,24,27). The third-order valence-corrected chi connectivity index (χ3v) is 4.59. The molecule has 2 aromatic rings. The van der Waals surface area contributed by atoms with Gasteiger partial charge in [-0.05, 0) is 42.8 Å². The van der Waals surface area contributed by atoms with Crippen LogP contribution in [-0.2, 0) is 15.8 Å². The number of alkyl halides is 3. The third-order valence-electron chi connectivity index (χ3n) is 4.35. The number of hydrogen-bond acceptors (Lipinski definition) is 2. The third kappa shape index (κ3) is 4.24. The van der Waals surface area contributed by atoms with E-state index in [4.69, 9.17) is 11.6 Å². The second-order valence-electron chi connectivity index (χ2n) is 6.42. The van der Waals surface area contributed by atoms with Crippen molar-refractivity contribution in [3.63, 3.8) is 0 Å². The first-order valence-electron chi connectivity index (χ1n) is 8.20. The Kier molecular flexibility index (Phi) is 5.15. The molecule has 0 saturated carbocycles. The molecule has 1 saturated heterocycles. The second kappa shape index (κ2) is 7.23. The summed E-state index contributed by atoms with van der Waals surface area (Å²) in [5.41, 5.74) is 0.225. The van der Waals surface area contributed by atoms with Crippen molar-refractivity contribution in [1.29, 1.82) is 0 Å². The van der Waals surface area contributed by atoms with E-state index in [9.17, 15) is 22.8 Å². The summed E-state index contributed by atoms with van der Waals surface area (Å²) in [5.74, 6) is -1.62. The molecule has 3 rings (SSSR count). The Bertz CT molecular complexity index is 899. The van der Waals surface area contributed by atoms with E-state index in [-0.39, 0.29) is 29.6 Å². The van der Waals surface area contributed by atoms with Crippen LogP contribution in [0.2, 0.25) is 5.02 Å². The molecule has 0 radical (unpaired) electrons. The number of hydrogen-bond donors (Lipinski definition) is 1. The van der Waals surface area contributed by atoms with Crippen LogP contribution in [0, 0.1) is 12.8 Å². The second-order valence-corrected chi connectivity index (χ2v) is 6.86. The molecular formula is C19H16ClF3N2O2. The average molecular weight is 397 g/mol. The number of carbonyl (C=O) groups excluding carboxylic acids is 2. The molecule has 4 nitrogen and oxygen atoms in total. The average Bonchev–Trinajstić information content (AvgIpc) is 2.97. The maximum absolute atomic E-state index is 13.2. The molecule has 2 aromatic carbocycles. The molecule has 142 valence electrons. The van der Waals surface area contributed by atoms with Gasteiger partial charge >= 0.3 is 6.18 Å². The summed E-state index contributed by atoms with van der Waals surface area (Å²) < 4.78 is 39.5. The van der Waals surface area contributed by atoms with Crippen LogP contribution >= 0.6 is 11.6 Å². The molecule has 1 atom stereocenters. The highest BCUT2D eigenvalue weighted by molar-refractivity contribution is 6.30. The minimum atomic E-state index is -4.66. The van der Waals surface area contributed by atoms with Gasteiger partial charge in [0.1, 0.15) is 0 Å². The highest BCUT2D eigenvalue weighted by Crippen LogP contribution is 2.37. The maximum Gasteiger partial charge on any atom is 0.418 e. The predicted molar refractivity (Wildman–Crippen MR) is 96.7 cm³/mol. The summed E-state index contributed by atoms with van der Waals surface area (Å²) in [6.07, 6.45) is -4.72. The summed E-state index contributed by atoms with van der Waals surface area (Å²) in [7, 11) is 0. The van der Waals surface area contributed by atoms with E-state index < -0.39 is 23.6 Å². The zero-order chi connectivity index (χ0) is 19.8. The molecule has 2 amide bonds. The lowest BCUT2D eigenvalue weighted by Crippen LogP contribution is -2.28. The number of halogens is 4. The number of benzene rings is 2. The monoisotopic (exact) mass is 396 g/mol. The molecule has 1 fully saturated rings. The van der Waals surface area contributed by atoms with Crippen LogP contribution in [0.15, 0.2) is 42.5 Å². The summed E-state index contributed by atoms with van der Waals surface area (Å²) in [6.45, 7) is 2.00. The van der Waals surface area contributed by atoms with Crippen molar-refractivity contribution >= 4 is 34.8 Å². The molecule has 1 unspecified atom stereocenters. The molecule has 0 bridgehead atoms. The number of amides is 2. The Balaban J connectivity index is 1.78. The van der Waals surface area contributed by atoms with Crippen molar-refractivity contribution < 1.29 is 22.8 Å². The Hall–Kier alpha value is -2.54. The SMILES string of the molecule is Cc1cccc(N2CC(C(=O)Nc3ccc(Cl)cc3C(F)(F)F)CC2=O)c1. The van der Waals surface area contributed by atoms with Gasteiger partial charge in [0.05, 0.1) is 17.2 Å². The minimum absolute atomic E-state index is 0.0608. The van der Waals surface area contributed by atoms with Crippen molar-refractivity contribution in [2.24, 2.45) is 5.92 Å². The highest BCUT2D eigenvalue weighted by Gasteiger charge is 2.38. The quantitative estimate of drug-likeness (QED) is 0.820. The Morgan fingerprint density at radius 2 is 1.96 bits per heavy atom. The summed E-state index contributed by atoms with van der Waals surface area (Å²) in [4.78, 5) is 26.2. The van der Waals surface area contributed by atoms with Gasteiger partial charge < -0.3 is 10.2 Å². The molecule has 8 heteroatoms. The zero-order valence-electron chi connectivity index (χ0n) is 14.3. The number of aryl methyl sites for hydroxylation is 1. The normalized spacial score (nSPS) is 17.3. The van der Waals surface area contributed by atoms with E-state index in [1.165, 1.54) is 11.0 Å². The molecular weight excluding hydrogens is 381 g/mol. The predicted octanol–water partition coefficient (Wildman–Crippen LogP) is 4.66. The van der Waals surface area contributed by atoms with Crippen LogP contribution in [0.5, 0.6) is 0 Å². The van der Waals surface area contributed by atoms with Gasteiger partial charge in [-0.15, -0.1) is 0 Å². The fraction of sp³-hybridized carbons (Fsp3) is 0.263. The molecule has 0 spiro atoms. The van der Waals surface area contributed by atoms with Crippen molar-refractivity contribution in [2.45, 2.75) is 19.5 Å². The van der Waals surface area contributed by atoms with Gasteiger partial charge in [-0.1, -0.05) is 23.7 Å². The first kappa shape index (κ1) is 19.2. The maximum atomic E-state index is 13.2. The van der Waals surface area contributed by atoms with Gasteiger partial charge in [0.2, 0.25) is 11.8 Å².